The summed E-state index contributed by atoms with van der Waals surface area (Å²) >= 11 is 0. The second kappa shape index (κ2) is 6.98. The van der Waals surface area contributed by atoms with E-state index in [4.69, 9.17) is 13.9 Å². The predicted molar refractivity (Wildman–Crippen MR) is 89.9 cm³/mol. The summed E-state index contributed by atoms with van der Waals surface area (Å²) in [7, 11) is 0. The van der Waals surface area contributed by atoms with Crippen molar-refractivity contribution in [2.45, 2.75) is 25.6 Å². The molecule has 4 heterocycles. The number of aromatic nitrogens is 1. The van der Waals surface area contributed by atoms with Crippen LogP contribution < -0.4 is 0 Å². The number of nitrogens with zero attached hydrogens (tertiary/aromatic N) is 2. The fraction of sp³-hybridized carbons (Fsp3) is 0.474. The SMILES string of the molecule is O=C(c1ccoc1)N1CC[C@H]2OCC[C@@]2(COCc2ccncc2)C1. The highest BCUT2D eigenvalue weighted by molar-refractivity contribution is 5.93. The fourth-order valence-electron chi connectivity index (χ4n) is 3.85. The Balaban J connectivity index is 1.43. The number of carbonyl (C=O) groups is 1. The van der Waals surface area contributed by atoms with Crippen LogP contribution in [0.25, 0.3) is 0 Å². The van der Waals surface area contributed by atoms with Gasteiger partial charge in [0.2, 0.25) is 0 Å². The van der Waals surface area contributed by atoms with Gasteiger partial charge in [-0.05, 0) is 36.6 Å². The van der Waals surface area contributed by atoms with Crippen molar-refractivity contribution in [2.75, 3.05) is 26.3 Å². The molecule has 1 amide bonds. The van der Waals surface area contributed by atoms with Crippen molar-refractivity contribution in [1.82, 2.24) is 9.88 Å². The predicted octanol–water partition coefficient (Wildman–Crippen LogP) is 2.51. The Bertz CT molecular complexity index is 703. The van der Waals surface area contributed by atoms with E-state index in [1.165, 1.54) is 12.5 Å². The first-order valence-electron chi connectivity index (χ1n) is 8.67. The van der Waals surface area contributed by atoms with E-state index in [1.54, 1.807) is 18.5 Å². The minimum absolute atomic E-state index is 0.0209. The second-order valence-corrected chi connectivity index (χ2v) is 6.85. The molecule has 132 valence electrons. The van der Waals surface area contributed by atoms with Crippen LogP contribution in [0.3, 0.4) is 0 Å². The largest absolute Gasteiger partial charge is 0.472 e. The van der Waals surface area contributed by atoms with Crippen molar-refractivity contribution >= 4 is 5.91 Å². The number of pyridine rings is 1. The summed E-state index contributed by atoms with van der Waals surface area (Å²) in [5, 5.41) is 0. The summed E-state index contributed by atoms with van der Waals surface area (Å²) in [6, 6.07) is 5.62. The molecule has 2 aromatic rings. The Kier molecular flexibility index (Phi) is 4.55. The van der Waals surface area contributed by atoms with Crippen LogP contribution >= 0.6 is 0 Å². The van der Waals surface area contributed by atoms with Gasteiger partial charge in [0.15, 0.2) is 0 Å². The molecule has 6 nitrogen and oxygen atoms in total. The molecule has 0 radical (unpaired) electrons. The lowest BCUT2D eigenvalue weighted by Gasteiger charge is -2.43. The Labute approximate surface area is 146 Å². The standard InChI is InChI=1S/C19H22N2O4/c22-18(16-4-9-23-12-16)21-8-3-17-19(13-21,5-10-25-17)14-24-11-15-1-6-20-7-2-15/h1-2,4,6-7,9,12,17H,3,5,8,10-11,13-14H2/t17-,19+/m1/s1. The molecule has 25 heavy (non-hydrogen) atoms. The van der Waals surface area contributed by atoms with Crippen molar-refractivity contribution in [3.05, 3.63) is 54.2 Å². The van der Waals surface area contributed by atoms with Crippen LogP contribution in [0.4, 0.5) is 0 Å². The number of carbonyl (C=O) groups excluding carboxylic acids is 1. The zero-order valence-electron chi connectivity index (χ0n) is 14.1. The molecule has 0 saturated carbocycles. The van der Waals surface area contributed by atoms with E-state index in [2.05, 4.69) is 4.98 Å². The van der Waals surface area contributed by atoms with Crippen molar-refractivity contribution < 1.29 is 18.7 Å². The van der Waals surface area contributed by atoms with Crippen molar-refractivity contribution in [1.29, 1.82) is 0 Å². The van der Waals surface area contributed by atoms with E-state index >= 15 is 0 Å². The summed E-state index contributed by atoms with van der Waals surface area (Å²) in [4.78, 5) is 18.6. The topological polar surface area (TPSA) is 64.8 Å². The molecule has 6 heteroatoms. The maximum Gasteiger partial charge on any atom is 0.257 e. The average molecular weight is 342 g/mol. The molecule has 0 aromatic carbocycles. The number of likely N-dealkylation sites (tertiary alicyclic amines) is 1. The third kappa shape index (κ3) is 3.32. The molecule has 0 N–H and O–H groups in total. The number of furan rings is 1. The Morgan fingerprint density at radius 3 is 3.04 bits per heavy atom. The highest BCUT2D eigenvalue weighted by Gasteiger charge is 2.49. The summed E-state index contributed by atoms with van der Waals surface area (Å²) in [5.74, 6) is 0.0209. The van der Waals surface area contributed by atoms with Crippen LogP contribution in [0.15, 0.2) is 47.5 Å². The van der Waals surface area contributed by atoms with Gasteiger partial charge in [-0.25, -0.2) is 0 Å². The van der Waals surface area contributed by atoms with Gasteiger partial charge in [-0.2, -0.15) is 0 Å². The van der Waals surface area contributed by atoms with E-state index in [9.17, 15) is 4.79 Å². The normalized spacial score (nSPS) is 25.8. The molecule has 2 aromatic heterocycles. The molecule has 2 aliphatic heterocycles. The molecule has 2 aliphatic rings. The van der Waals surface area contributed by atoms with Crippen molar-refractivity contribution in [2.24, 2.45) is 5.41 Å². The van der Waals surface area contributed by atoms with Crippen LogP contribution in [0, 0.1) is 5.41 Å². The molecule has 2 saturated heterocycles. The van der Waals surface area contributed by atoms with Gasteiger partial charge in [0.1, 0.15) is 6.26 Å². The van der Waals surface area contributed by atoms with Crippen molar-refractivity contribution in [3.63, 3.8) is 0 Å². The third-order valence-corrected chi connectivity index (χ3v) is 5.23. The smallest absolute Gasteiger partial charge is 0.257 e. The maximum absolute atomic E-state index is 12.7. The van der Waals surface area contributed by atoms with Crippen LogP contribution in [-0.4, -0.2) is 48.2 Å². The quantitative estimate of drug-likeness (QED) is 0.835. The summed E-state index contributed by atoms with van der Waals surface area (Å²) in [6.45, 7) is 3.25. The lowest BCUT2D eigenvalue weighted by Crippen LogP contribution is -2.53. The van der Waals surface area contributed by atoms with Gasteiger partial charge < -0.3 is 18.8 Å². The lowest BCUT2D eigenvalue weighted by atomic mass is 9.77. The van der Waals surface area contributed by atoms with Crippen LogP contribution in [0.1, 0.15) is 28.8 Å². The average Bonchev–Trinajstić information content (AvgIpc) is 3.31. The van der Waals surface area contributed by atoms with Crippen molar-refractivity contribution in [3.8, 4) is 0 Å². The fourth-order valence-corrected chi connectivity index (χ4v) is 3.85. The van der Waals surface area contributed by atoms with Crippen LogP contribution in [0.2, 0.25) is 0 Å². The maximum atomic E-state index is 12.7. The minimum atomic E-state index is -0.120. The third-order valence-electron chi connectivity index (χ3n) is 5.23. The molecule has 0 spiro atoms. The first-order valence-corrected chi connectivity index (χ1v) is 8.67. The molecule has 4 rings (SSSR count). The summed E-state index contributed by atoms with van der Waals surface area (Å²) in [6.07, 6.45) is 8.51. The molecule has 0 unspecified atom stereocenters. The monoisotopic (exact) mass is 342 g/mol. The van der Waals surface area contributed by atoms with Gasteiger partial charge in [0, 0.05) is 37.5 Å². The molecule has 2 fully saturated rings. The summed E-state index contributed by atoms with van der Waals surface area (Å²) < 4.78 is 17.0. The van der Waals surface area contributed by atoms with Gasteiger partial charge in [-0.3, -0.25) is 9.78 Å². The van der Waals surface area contributed by atoms with Gasteiger partial charge in [-0.1, -0.05) is 0 Å². The number of amides is 1. The first kappa shape index (κ1) is 16.3. The van der Waals surface area contributed by atoms with Gasteiger partial charge in [0.25, 0.3) is 5.91 Å². The Hall–Kier alpha value is -2.18. The van der Waals surface area contributed by atoms with Gasteiger partial charge in [-0.15, -0.1) is 0 Å². The number of hydrogen-bond acceptors (Lipinski definition) is 5. The van der Waals surface area contributed by atoms with E-state index in [0.29, 0.717) is 31.9 Å². The molecule has 0 aliphatic carbocycles. The molecular formula is C19H22N2O4. The second-order valence-electron chi connectivity index (χ2n) is 6.85. The van der Waals surface area contributed by atoms with Gasteiger partial charge >= 0.3 is 0 Å². The number of fused-ring (bicyclic) bond motifs is 1. The zero-order chi connectivity index (χ0) is 17.1. The Morgan fingerprint density at radius 2 is 2.24 bits per heavy atom. The first-order chi connectivity index (χ1) is 12.3. The highest BCUT2D eigenvalue weighted by Crippen LogP contribution is 2.41. The molecule has 2 atom stereocenters. The highest BCUT2D eigenvalue weighted by atomic mass is 16.5. The molecular weight excluding hydrogens is 320 g/mol. The van der Waals surface area contributed by atoms with E-state index < -0.39 is 0 Å². The molecule has 0 bridgehead atoms. The number of rotatable bonds is 5. The van der Waals surface area contributed by atoms with Crippen LogP contribution in [0.5, 0.6) is 0 Å². The summed E-state index contributed by atoms with van der Waals surface area (Å²) in [5.41, 5.74) is 1.58. The number of piperidine rings is 1. The number of hydrogen-bond donors (Lipinski definition) is 0. The van der Waals surface area contributed by atoms with Gasteiger partial charge in [0.05, 0.1) is 31.1 Å². The van der Waals surface area contributed by atoms with E-state index in [1.807, 2.05) is 17.0 Å². The lowest BCUT2D eigenvalue weighted by molar-refractivity contribution is -0.0602. The zero-order valence-corrected chi connectivity index (χ0v) is 14.1. The minimum Gasteiger partial charge on any atom is -0.472 e. The van der Waals surface area contributed by atoms with E-state index in [-0.39, 0.29) is 17.4 Å². The van der Waals surface area contributed by atoms with Crippen LogP contribution in [-0.2, 0) is 16.1 Å². The Morgan fingerprint density at radius 1 is 1.36 bits per heavy atom. The number of ether oxygens (including phenoxy) is 2. The van der Waals surface area contributed by atoms with E-state index in [0.717, 1.165) is 25.0 Å².